The SMILES string of the molecule is COc1cccc(C(N)=S)c1-n1cn[nH]c1=O. The van der Waals surface area contributed by atoms with Crippen LogP contribution in [-0.2, 0) is 0 Å². The second-order valence-corrected chi connectivity index (χ2v) is 3.69. The zero-order chi connectivity index (χ0) is 12.4. The molecule has 0 aliphatic heterocycles. The third-order valence-corrected chi connectivity index (χ3v) is 2.50. The zero-order valence-corrected chi connectivity index (χ0v) is 9.82. The number of benzene rings is 1. The molecule has 6 nitrogen and oxygen atoms in total. The number of H-pyrrole nitrogens is 1. The van der Waals surface area contributed by atoms with E-state index in [0.717, 1.165) is 0 Å². The summed E-state index contributed by atoms with van der Waals surface area (Å²) in [6, 6.07) is 5.19. The molecule has 0 spiro atoms. The number of ether oxygens (including phenoxy) is 1. The van der Waals surface area contributed by atoms with Gasteiger partial charge in [-0.15, -0.1) is 0 Å². The fourth-order valence-electron chi connectivity index (χ4n) is 1.54. The van der Waals surface area contributed by atoms with Gasteiger partial charge in [0.05, 0.1) is 7.11 Å². The Balaban J connectivity index is 2.78. The predicted molar refractivity (Wildman–Crippen MR) is 66.6 cm³/mol. The first-order valence-electron chi connectivity index (χ1n) is 4.74. The van der Waals surface area contributed by atoms with Gasteiger partial charge in [0.25, 0.3) is 0 Å². The van der Waals surface area contributed by atoms with Crippen molar-refractivity contribution in [2.24, 2.45) is 5.73 Å². The molecule has 0 amide bonds. The molecule has 3 N–H and O–H groups in total. The number of methoxy groups -OCH3 is 1. The van der Waals surface area contributed by atoms with Crippen molar-refractivity contribution < 1.29 is 4.74 Å². The number of rotatable bonds is 3. The van der Waals surface area contributed by atoms with E-state index in [2.05, 4.69) is 10.2 Å². The quantitative estimate of drug-likeness (QED) is 0.760. The molecule has 1 aromatic carbocycles. The van der Waals surface area contributed by atoms with Gasteiger partial charge in [0.15, 0.2) is 0 Å². The zero-order valence-electron chi connectivity index (χ0n) is 9.01. The molecule has 0 saturated carbocycles. The molecule has 1 heterocycles. The van der Waals surface area contributed by atoms with Gasteiger partial charge in [0, 0.05) is 5.56 Å². The van der Waals surface area contributed by atoms with Crippen LogP contribution < -0.4 is 16.2 Å². The lowest BCUT2D eigenvalue weighted by atomic mass is 10.1. The average molecular weight is 250 g/mol. The van der Waals surface area contributed by atoms with Crippen molar-refractivity contribution in [1.29, 1.82) is 0 Å². The number of nitrogens with two attached hydrogens (primary N) is 1. The lowest BCUT2D eigenvalue weighted by molar-refractivity contribution is 0.412. The monoisotopic (exact) mass is 250 g/mol. The molecule has 0 bridgehead atoms. The topological polar surface area (TPSA) is 85.9 Å². The molecule has 0 aliphatic rings. The Bertz CT molecular complexity index is 617. The van der Waals surface area contributed by atoms with Crippen LogP contribution in [0.25, 0.3) is 5.69 Å². The maximum atomic E-state index is 11.6. The summed E-state index contributed by atoms with van der Waals surface area (Å²) in [5, 5.41) is 5.96. The first-order valence-corrected chi connectivity index (χ1v) is 5.15. The Labute approximate surface area is 102 Å². The highest BCUT2D eigenvalue weighted by atomic mass is 32.1. The molecule has 0 aliphatic carbocycles. The summed E-state index contributed by atoms with van der Waals surface area (Å²) in [4.78, 5) is 11.8. The average Bonchev–Trinajstić information content (AvgIpc) is 2.74. The van der Waals surface area contributed by atoms with Crippen LogP contribution in [0.3, 0.4) is 0 Å². The van der Waals surface area contributed by atoms with Crippen LogP contribution in [0, 0.1) is 0 Å². The van der Waals surface area contributed by atoms with E-state index in [4.69, 9.17) is 22.7 Å². The lowest BCUT2D eigenvalue weighted by Crippen LogP contribution is -2.20. The van der Waals surface area contributed by atoms with Crippen LogP contribution in [0.5, 0.6) is 5.75 Å². The summed E-state index contributed by atoms with van der Waals surface area (Å²) in [6.45, 7) is 0. The molecule has 7 heteroatoms. The number of aromatic nitrogens is 3. The minimum atomic E-state index is -0.382. The van der Waals surface area contributed by atoms with Gasteiger partial charge in [-0.1, -0.05) is 18.3 Å². The van der Waals surface area contributed by atoms with Gasteiger partial charge >= 0.3 is 5.69 Å². The summed E-state index contributed by atoms with van der Waals surface area (Å²) < 4.78 is 6.50. The number of para-hydroxylation sites is 1. The molecule has 0 atom stereocenters. The molecule has 0 unspecified atom stereocenters. The first kappa shape index (κ1) is 11.3. The number of hydrogen-bond acceptors (Lipinski definition) is 4. The van der Waals surface area contributed by atoms with E-state index in [0.29, 0.717) is 17.0 Å². The Morgan fingerprint density at radius 1 is 1.59 bits per heavy atom. The van der Waals surface area contributed by atoms with Crippen LogP contribution in [0.4, 0.5) is 0 Å². The Morgan fingerprint density at radius 2 is 2.35 bits per heavy atom. The number of nitrogens with one attached hydrogen (secondary N) is 1. The normalized spacial score (nSPS) is 10.2. The third-order valence-electron chi connectivity index (χ3n) is 2.28. The fourth-order valence-corrected chi connectivity index (χ4v) is 1.71. The van der Waals surface area contributed by atoms with Gasteiger partial charge in [-0.3, -0.25) is 0 Å². The summed E-state index contributed by atoms with van der Waals surface area (Å²) in [5.41, 5.74) is 6.29. The summed E-state index contributed by atoms with van der Waals surface area (Å²) in [5.74, 6) is 0.499. The maximum absolute atomic E-state index is 11.6. The maximum Gasteiger partial charge on any atom is 0.347 e. The van der Waals surface area contributed by atoms with Crippen LogP contribution in [0.15, 0.2) is 29.3 Å². The first-order chi connectivity index (χ1) is 8.15. The molecule has 2 aromatic rings. The lowest BCUT2D eigenvalue weighted by Gasteiger charge is -2.12. The summed E-state index contributed by atoms with van der Waals surface area (Å²) in [6.07, 6.45) is 1.35. The highest BCUT2D eigenvalue weighted by Gasteiger charge is 2.14. The van der Waals surface area contributed by atoms with Crippen LogP contribution in [-0.4, -0.2) is 26.9 Å². The molecular formula is C10H10N4O2S. The Kier molecular flexibility index (Phi) is 2.92. The number of thiocarbonyl (C=S) groups is 1. The molecular weight excluding hydrogens is 240 g/mol. The number of hydrogen-bond donors (Lipinski definition) is 2. The van der Waals surface area contributed by atoms with Gasteiger partial charge in [0.2, 0.25) is 0 Å². The van der Waals surface area contributed by atoms with Crippen molar-refractivity contribution in [2.75, 3.05) is 7.11 Å². The van der Waals surface area contributed by atoms with Crippen molar-refractivity contribution in [1.82, 2.24) is 14.8 Å². The van der Waals surface area contributed by atoms with E-state index in [1.807, 2.05) is 0 Å². The highest BCUT2D eigenvalue weighted by Crippen LogP contribution is 2.25. The van der Waals surface area contributed by atoms with Gasteiger partial charge < -0.3 is 10.5 Å². The van der Waals surface area contributed by atoms with Crippen molar-refractivity contribution in [3.05, 3.63) is 40.6 Å². The largest absolute Gasteiger partial charge is 0.495 e. The molecule has 0 radical (unpaired) electrons. The van der Waals surface area contributed by atoms with Gasteiger partial charge in [-0.2, -0.15) is 5.10 Å². The molecule has 2 rings (SSSR count). The smallest absolute Gasteiger partial charge is 0.347 e. The highest BCUT2D eigenvalue weighted by molar-refractivity contribution is 7.80. The van der Waals surface area contributed by atoms with Crippen molar-refractivity contribution in [2.45, 2.75) is 0 Å². The fraction of sp³-hybridized carbons (Fsp3) is 0.100. The molecule has 0 fully saturated rings. The molecule has 88 valence electrons. The van der Waals surface area contributed by atoms with Gasteiger partial charge in [0.1, 0.15) is 22.8 Å². The van der Waals surface area contributed by atoms with Crippen LogP contribution >= 0.6 is 12.2 Å². The van der Waals surface area contributed by atoms with Crippen LogP contribution in [0.2, 0.25) is 0 Å². The van der Waals surface area contributed by atoms with Crippen molar-refractivity contribution in [3.63, 3.8) is 0 Å². The van der Waals surface area contributed by atoms with E-state index in [1.54, 1.807) is 18.2 Å². The van der Waals surface area contributed by atoms with E-state index < -0.39 is 0 Å². The van der Waals surface area contributed by atoms with Crippen molar-refractivity contribution >= 4 is 17.2 Å². The second kappa shape index (κ2) is 4.38. The standard InChI is InChI=1S/C10H10N4O2S/c1-16-7-4-2-3-6(9(11)17)8(7)14-5-12-13-10(14)15/h2-5H,1H3,(H2,11,17)(H,13,15). The van der Waals surface area contributed by atoms with E-state index in [-0.39, 0.29) is 10.7 Å². The van der Waals surface area contributed by atoms with Crippen molar-refractivity contribution in [3.8, 4) is 11.4 Å². The molecule has 1 aromatic heterocycles. The summed E-state index contributed by atoms with van der Waals surface area (Å²) >= 11 is 4.95. The molecule has 17 heavy (non-hydrogen) atoms. The summed E-state index contributed by atoms with van der Waals surface area (Å²) in [7, 11) is 1.51. The van der Waals surface area contributed by atoms with E-state index >= 15 is 0 Å². The Hall–Kier alpha value is -2.15. The Morgan fingerprint density at radius 3 is 2.88 bits per heavy atom. The molecule has 0 saturated heterocycles. The predicted octanol–water partition coefficient (Wildman–Crippen LogP) is 0.203. The van der Waals surface area contributed by atoms with Crippen LogP contribution in [0.1, 0.15) is 5.56 Å². The number of aromatic amines is 1. The third kappa shape index (κ3) is 1.92. The van der Waals surface area contributed by atoms with Gasteiger partial charge in [-0.05, 0) is 12.1 Å². The van der Waals surface area contributed by atoms with E-state index in [1.165, 1.54) is 18.0 Å². The minimum absolute atomic E-state index is 0.187. The minimum Gasteiger partial charge on any atom is -0.495 e. The van der Waals surface area contributed by atoms with Gasteiger partial charge in [-0.25, -0.2) is 14.5 Å². The number of nitrogens with zero attached hydrogens (tertiary/aromatic N) is 2. The van der Waals surface area contributed by atoms with E-state index in [9.17, 15) is 4.79 Å². The second-order valence-electron chi connectivity index (χ2n) is 3.25.